The minimum absolute atomic E-state index is 0.140. The predicted octanol–water partition coefficient (Wildman–Crippen LogP) is 3.74. The number of piperidine rings is 1. The van der Waals surface area contributed by atoms with Crippen molar-refractivity contribution in [2.45, 2.75) is 19.3 Å². The molecule has 1 fully saturated rings. The van der Waals surface area contributed by atoms with Gasteiger partial charge in [0.2, 0.25) is 5.91 Å². The monoisotopic (exact) mass is 369 g/mol. The van der Waals surface area contributed by atoms with Gasteiger partial charge in [-0.05, 0) is 55.7 Å². The van der Waals surface area contributed by atoms with Crippen molar-refractivity contribution in [3.63, 3.8) is 0 Å². The standard InChI is InChI=1S/C21H27N3O3/c1-26-18-10-11-19(20(14-18)27-2)23-21(25)15-22-16-6-8-17(9-7-16)24-12-4-3-5-13-24/h6-11,14,22H,3-5,12-13,15H2,1-2H3,(H,23,25). The maximum absolute atomic E-state index is 12.3. The average molecular weight is 369 g/mol. The Morgan fingerprint density at radius 1 is 1.00 bits per heavy atom. The number of amides is 1. The second-order valence-electron chi connectivity index (χ2n) is 6.56. The number of hydrogen-bond donors (Lipinski definition) is 2. The number of nitrogens with zero attached hydrogens (tertiary/aromatic N) is 1. The number of carbonyl (C=O) groups excluding carboxylic acids is 1. The van der Waals surface area contributed by atoms with Crippen molar-refractivity contribution in [1.82, 2.24) is 0 Å². The number of benzene rings is 2. The number of methoxy groups -OCH3 is 2. The van der Waals surface area contributed by atoms with Crippen LogP contribution < -0.4 is 25.0 Å². The van der Waals surface area contributed by atoms with Gasteiger partial charge in [-0.1, -0.05) is 0 Å². The highest BCUT2D eigenvalue weighted by atomic mass is 16.5. The molecule has 0 radical (unpaired) electrons. The van der Waals surface area contributed by atoms with Gasteiger partial charge in [0.25, 0.3) is 0 Å². The minimum Gasteiger partial charge on any atom is -0.497 e. The van der Waals surface area contributed by atoms with Crippen LogP contribution in [0.1, 0.15) is 19.3 Å². The molecule has 1 amide bonds. The summed E-state index contributed by atoms with van der Waals surface area (Å²) in [5, 5.41) is 6.01. The molecule has 1 saturated heterocycles. The fraction of sp³-hybridized carbons (Fsp3) is 0.381. The van der Waals surface area contributed by atoms with E-state index in [1.165, 1.54) is 24.9 Å². The zero-order valence-electron chi connectivity index (χ0n) is 16.0. The first-order valence-electron chi connectivity index (χ1n) is 9.30. The molecule has 0 spiro atoms. The molecular weight excluding hydrogens is 342 g/mol. The van der Waals surface area contributed by atoms with Crippen molar-refractivity contribution in [2.75, 3.05) is 49.4 Å². The summed E-state index contributed by atoms with van der Waals surface area (Å²) in [6.45, 7) is 2.43. The van der Waals surface area contributed by atoms with E-state index in [2.05, 4.69) is 27.7 Å². The highest BCUT2D eigenvalue weighted by Gasteiger charge is 2.11. The number of anilines is 3. The third kappa shape index (κ3) is 5.06. The first-order chi connectivity index (χ1) is 13.2. The van der Waals surface area contributed by atoms with E-state index in [9.17, 15) is 4.79 Å². The van der Waals surface area contributed by atoms with E-state index in [-0.39, 0.29) is 12.5 Å². The van der Waals surface area contributed by atoms with Gasteiger partial charge in [0.15, 0.2) is 0 Å². The van der Waals surface area contributed by atoms with Gasteiger partial charge in [0.05, 0.1) is 26.5 Å². The fourth-order valence-electron chi connectivity index (χ4n) is 3.22. The number of carbonyl (C=O) groups is 1. The maximum Gasteiger partial charge on any atom is 0.243 e. The van der Waals surface area contributed by atoms with Crippen molar-refractivity contribution in [3.8, 4) is 11.5 Å². The molecule has 1 aliphatic heterocycles. The van der Waals surface area contributed by atoms with Crippen LogP contribution in [0.2, 0.25) is 0 Å². The van der Waals surface area contributed by atoms with Crippen molar-refractivity contribution in [3.05, 3.63) is 42.5 Å². The molecule has 144 valence electrons. The Balaban J connectivity index is 1.53. The lowest BCUT2D eigenvalue weighted by Crippen LogP contribution is -2.29. The first kappa shape index (κ1) is 18.9. The summed E-state index contributed by atoms with van der Waals surface area (Å²) in [5.74, 6) is 1.10. The van der Waals surface area contributed by atoms with E-state index in [4.69, 9.17) is 9.47 Å². The van der Waals surface area contributed by atoms with Crippen molar-refractivity contribution in [2.24, 2.45) is 0 Å². The Morgan fingerprint density at radius 2 is 1.74 bits per heavy atom. The van der Waals surface area contributed by atoms with E-state index >= 15 is 0 Å². The van der Waals surface area contributed by atoms with E-state index in [0.29, 0.717) is 17.2 Å². The molecule has 0 atom stereocenters. The van der Waals surface area contributed by atoms with Crippen LogP contribution in [0, 0.1) is 0 Å². The molecule has 6 heteroatoms. The molecule has 0 aliphatic carbocycles. The number of hydrogen-bond acceptors (Lipinski definition) is 5. The molecule has 1 aliphatic rings. The normalized spacial score (nSPS) is 13.8. The molecule has 27 heavy (non-hydrogen) atoms. The highest BCUT2D eigenvalue weighted by Crippen LogP contribution is 2.29. The molecule has 2 N–H and O–H groups in total. The maximum atomic E-state index is 12.3. The second kappa shape index (κ2) is 9.16. The van der Waals surface area contributed by atoms with Crippen LogP contribution >= 0.6 is 0 Å². The van der Waals surface area contributed by atoms with Crippen LogP contribution in [-0.2, 0) is 4.79 Å². The highest BCUT2D eigenvalue weighted by molar-refractivity contribution is 5.95. The topological polar surface area (TPSA) is 62.8 Å². The van der Waals surface area contributed by atoms with Gasteiger partial charge in [0, 0.05) is 30.5 Å². The van der Waals surface area contributed by atoms with Gasteiger partial charge >= 0.3 is 0 Å². The Morgan fingerprint density at radius 3 is 2.41 bits per heavy atom. The zero-order chi connectivity index (χ0) is 19.1. The predicted molar refractivity (Wildman–Crippen MR) is 109 cm³/mol. The molecule has 2 aromatic carbocycles. The van der Waals surface area contributed by atoms with Gasteiger partial charge in [-0.3, -0.25) is 4.79 Å². The largest absolute Gasteiger partial charge is 0.497 e. The lowest BCUT2D eigenvalue weighted by atomic mass is 10.1. The summed E-state index contributed by atoms with van der Waals surface area (Å²) in [4.78, 5) is 14.7. The Hall–Kier alpha value is -2.89. The van der Waals surface area contributed by atoms with Gasteiger partial charge in [-0.25, -0.2) is 0 Å². The smallest absolute Gasteiger partial charge is 0.243 e. The van der Waals surface area contributed by atoms with Gasteiger partial charge in [-0.2, -0.15) is 0 Å². The van der Waals surface area contributed by atoms with Crippen LogP contribution in [-0.4, -0.2) is 39.8 Å². The van der Waals surface area contributed by atoms with E-state index in [0.717, 1.165) is 18.8 Å². The molecule has 0 unspecified atom stereocenters. The van der Waals surface area contributed by atoms with Crippen LogP contribution in [0.4, 0.5) is 17.1 Å². The third-order valence-electron chi connectivity index (χ3n) is 4.72. The number of nitrogens with one attached hydrogen (secondary N) is 2. The molecule has 1 heterocycles. The lowest BCUT2D eigenvalue weighted by Gasteiger charge is -2.28. The summed E-state index contributed by atoms with van der Waals surface area (Å²) in [6, 6.07) is 13.5. The van der Waals surface area contributed by atoms with E-state index in [1.807, 2.05) is 12.1 Å². The summed E-state index contributed by atoms with van der Waals surface area (Å²) in [7, 11) is 3.15. The first-order valence-corrected chi connectivity index (χ1v) is 9.30. The van der Waals surface area contributed by atoms with Crippen LogP contribution in [0.3, 0.4) is 0 Å². The zero-order valence-corrected chi connectivity index (χ0v) is 16.0. The Labute approximate surface area is 160 Å². The molecule has 0 aromatic heterocycles. The molecule has 3 rings (SSSR count). The van der Waals surface area contributed by atoms with Crippen LogP contribution in [0.5, 0.6) is 11.5 Å². The Kier molecular flexibility index (Phi) is 6.41. The summed E-state index contributed by atoms with van der Waals surface area (Å²) >= 11 is 0. The Bertz CT molecular complexity index is 756. The third-order valence-corrected chi connectivity index (χ3v) is 4.72. The molecule has 0 saturated carbocycles. The lowest BCUT2D eigenvalue weighted by molar-refractivity contribution is -0.114. The van der Waals surface area contributed by atoms with Crippen molar-refractivity contribution < 1.29 is 14.3 Å². The molecule has 2 aromatic rings. The van der Waals surface area contributed by atoms with Crippen LogP contribution in [0.15, 0.2) is 42.5 Å². The summed E-state index contributed by atoms with van der Waals surface area (Å²) in [5.41, 5.74) is 2.78. The molecular formula is C21H27N3O3. The van der Waals surface area contributed by atoms with Gasteiger partial charge in [0.1, 0.15) is 11.5 Å². The minimum atomic E-state index is -0.140. The van der Waals surface area contributed by atoms with E-state index in [1.54, 1.807) is 32.4 Å². The van der Waals surface area contributed by atoms with E-state index < -0.39 is 0 Å². The van der Waals surface area contributed by atoms with Crippen molar-refractivity contribution in [1.29, 1.82) is 0 Å². The molecule has 0 bridgehead atoms. The number of ether oxygens (including phenoxy) is 2. The summed E-state index contributed by atoms with van der Waals surface area (Å²) < 4.78 is 10.5. The summed E-state index contributed by atoms with van der Waals surface area (Å²) in [6.07, 6.45) is 3.84. The van der Waals surface area contributed by atoms with Gasteiger partial charge in [-0.15, -0.1) is 0 Å². The average Bonchev–Trinajstić information content (AvgIpc) is 2.73. The van der Waals surface area contributed by atoms with Gasteiger partial charge < -0.3 is 25.0 Å². The second-order valence-corrected chi connectivity index (χ2v) is 6.56. The van der Waals surface area contributed by atoms with Crippen LogP contribution in [0.25, 0.3) is 0 Å². The van der Waals surface area contributed by atoms with Crippen molar-refractivity contribution >= 4 is 23.0 Å². The SMILES string of the molecule is COc1ccc(NC(=O)CNc2ccc(N3CCCCC3)cc2)c(OC)c1. The molecule has 6 nitrogen and oxygen atoms in total. The number of rotatable bonds is 7. The quantitative estimate of drug-likeness (QED) is 0.778. The fourth-order valence-corrected chi connectivity index (χ4v) is 3.22.